The molecule has 2 aromatic carbocycles. The number of benzene rings is 2. The molecule has 2 N–H and O–H groups in total. The zero-order chi connectivity index (χ0) is 23.2. The Labute approximate surface area is 198 Å². The zero-order valence-corrected chi connectivity index (χ0v) is 20.3. The van der Waals surface area contributed by atoms with Crippen LogP contribution in [0.25, 0.3) is 10.9 Å². The highest BCUT2D eigenvalue weighted by Gasteiger charge is 2.36. The van der Waals surface area contributed by atoms with Crippen LogP contribution in [0.2, 0.25) is 0 Å². The van der Waals surface area contributed by atoms with Crippen molar-refractivity contribution in [3.05, 3.63) is 71.9 Å². The van der Waals surface area contributed by atoms with Gasteiger partial charge in [0.05, 0.1) is 0 Å². The second kappa shape index (κ2) is 11.0. The van der Waals surface area contributed by atoms with Crippen molar-refractivity contribution in [2.24, 2.45) is 5.92 Å². The number of hydrazine groups is 1. The minimum absolute atomic E-state index is 0.0148. The number of rotatable bonds is 9. The van der Waals surface area contributed by atoms with Gasteiger partial charge in [0, 0.05) is 41.3 Å². The van der Waals surface area contributed by atoms with E-state index in [0.29, 0.717) is 23.6 Å². The number of fused-ring (bicyclic) bond motifs is 1. The number of hydrogen-bond acceptors (Lipinski definition) is 3. The summed E-state index contributed by atoms with van der Waals surface area (Å²) in [7, 11) is 0. The van der Waals surface area contributed by atoms with Gasteiger partial charge >= 0.3 is 0 Å². The summed E-state index contributed by atoms with van der Waals surface area (Å²) in [5.74, 6) is 0.616. The van der Waals surface area contributed by atoms with Crippen molar-refractivity contribution in [2.75, 3.05) is 19.6 Å². The number of amides is 1. The first-order chi connectivity index (χ1) is 16.1. The number of carbonyl (C=O) groups is 1. The number of piperidine rings is 1. The SMILES string of the molecule is CCC(C1CC(Cc2ccccc2)CCN1NC(=O)c1ccc2[nH]ccc2c1)N(CC)CC. The topological polar surface area (TPSA) is 51.4 Å². The molecule has 176 valence electrons. The van der Waals surface area contributed by atoms with Crippen molar-refractivity contribution in [1.29, 1.82) is 0 Å². The summed E-state index contributed by atoms with van der Waals surface area (Å²) in [4.78, 5) is 19.0. The number of aromatic amines is 1. The van der Waals surface area contributed by atoms with E-state index in [2.05, 4.69) is 71.4 Å². The van der Waals surface area contributed by atoms with Gasteiger partial charge in [-0.15, -0.1) is 0 Å². The van der Waals surface area contributed by atoms with Crippen LogP contribution in [0.3, 0.4) is 0 Å². The molecular weight excluding hydrogens is 408 g/mol. The Morgan fingerprint density at radius 3 is 2.64 bits per heavy atom. The lowest BCUT2D eigenvalue weighted by Gasteiger charge is -2.46. The van der Waals surface area contributed by atoms with Gasteiger partial charge in [0.25, 0.3) is 5.91 Å². The summed E-state index contributed by atoms with van der Waals surface area (Å²) in [5, 5.41) is 3.31. The average molecular weight is 447 g/mol. The van der Waals surface area contributed by atoms with Gasteiger partial charge in [0.2, 0.25) is 0 Å². The van der Waals surface area contributed by atoms with E-state index in [0.717, 1.165) is 56.2 Å². The normalized spacial score (nSPS) is 20.2. The van der Waals surface area contributed by atoms with Crippen LogP contribution in [0.5, 0.6) is 0 Å². The quantitative estimate of drug-likeness (QED) is 0.472. The zero-order valence-electron chi connectivity index (χ0n) is 20.3. The number of aromatic nitrogens is 1. The van der Waals surface area contributed by atoms with E-state index in [9.17, 15) is 4.79 Å². The maximum atomic E-state index is 13.2. The summed E-state index contributed by atoms with van der Waals surface area (Å²) in [5.41, 5.74) is 6.48. The van der Waals surface area contributed by atoms with Gasteiger partial charge in [-0.3, -0.25) is 15.1 Å². The lowest BCUT2D eigenvalue weighted by atomic mass is 9.83. The van der Waals surface area contributed by atoms with Crippen LogP contribution in [0.1, 0.15) is 56.0 Å². The van der Waals surface area contributed by atoms with Crippen LogP contribution >= 0.6 is 0 Å². The Morgan fingerprint density at radius 1 is 1.12 bits per heavy atom. The van der Waals surface area contributed by atoms with Crippen molar-refractivity contribution in [3.8, 4) is 0 Å². The molecule has 4 rings (SSSR count). The molecule has 1 fully saturated rings. The minimum Gasteiger partial charge on any atom is -0.361 e. The van der Waals surface area contributed by atoms with Crippen LogP contribution in [0.15, 0.2) is 60.8 Å². The Morgan fingerprint density at radius 2 is 1.91 bits per heavy atom. The third-order valence-corrected chi connectivity index (χ3v) is 7.33. The molecule has 5 nitrogen and oxygen atoms in total. The fourth-order valence-electron chi connectivity index (χ4n) is 5.57. The van der Waals surface area contributed by atoms with Gasteiger partial charge in [-0.25, -0.2) is 5.01 Å². The predicted octanol–water partition coefficient (Wildman–Crippen LogP) is 5.26. The largest absolute Gasteiger partial charge is 0.361 e. The molecule has 1 aliphatic heterocycles. The average Bonchev–Trinajstić information content (AvgIpc) is 3.32. The monoisotopic (exact) mass is 446 g/mol. The molecule has 3 atom stereocenters. The molecule has 0 radical (unpaired) electrons. The van der Waals surface area contributed by atoms with Gasteiger partial charge in [0.1, 0.15) is 0 Å². The molecule has 33 heavy (non-hydrogen) atoms. The fourth-order valence-corrected chi connectivity index (χ4v) is 5.57. The number of H-pyrrole nitrogens is 1. The lowest BCUT2D eigenvalue weighted by molar-refractivity contribution is 0.00249. The molecule has 0 spiro atoms. The van der Waals surface area contributed by atoms with E-state index in [-0.39, 0.29) is 5.91 Å². The maximum Gasteiger partial charge on any atom is 0.265 e. The standard InChI is InChI=1S/C28H38N4O/c1-4-26(31(5-2)6-3)27-19-22(18-21-10-8-7-9-11-21)15-17-32(27)30-28(33)24-12-13-25-23(20-24)14-16-29-25/h7-14,16,20,22,26-27,29H,4-6,15,17-19H2,1-3H3,(H,30,33). The maximum absolute atomic E-state index is 13.2. The summed E-state index contributed by atoms with van der Waals surface area (Å²) < 4.78 is 0. The lowest BCUT2D eigenvalue weighted by Crippen LogP contribution is -2.60. The summed E-state index contributed by atoms with van der Waals surface area (Å²) >= 11 is 0. The Balaban J connectivity index is 1.53. The van der Waals surface area contributed by atoms with E-state index in [1.807, 2.05) is 30.5 Å². The van der Waals surface area contributed by atoms with Crippen molar-refractivity contribution in [1.82, 2.24) is 20.3 Å². The molecular formula is C28H38N4O. The Hall–Kier alpha value is -2.63. The molecule has 1 aliphatic rings. The molecule has 1 saturated heterocycles. The molecule has 3 unspecified atom stereocenters. The Kier molecular flexibility index (Phi) is 7.84. The van der Waals surface area contributed by atoms with Crippen molar-refractivity contribution >= 4 is 16.8 Å². The van der Waals surface area contributed by atoms with Gasteiger partial charge in [-0.05, 0) is 74.5 Å². The summed E-state index contributed by atoms with van der Waals surface area (Å²) in [6, 6.07) is 19.4. The molecule has 3 aromatic rings. The first-order valence-corrected chi connectivity index (χ1v) is 12.6. The Bertz CT molecular complexity index is 1030. The van der Waals surface area contributed by atoms with Crippen molar-refractivity contribution < 1.29 is 4.79 Å². The van der Waals surface area contributed by atoms with Gasteiger partial charge in [-0.2, -0.15) is 0 Å². The van der Waals surface area contributed by atoms with E-state index in [4.69, 9.17) is 0 Å². The van der Waals surface area contributed by atoms with Crippen molar-refractivity contribution in [3.63, 3.8) is 0 Å². The second-order valence-electron chi connectivity index (χ2n) is 9.26. The van der Waals surface area contributed by atoms with Crippen LogP contribution in [0.4, 0.5) is 0 Å². The fraction of sp³-hybridized carbons (Fsp3) is 0.464. The van der Waals surface area contributed by atoms with Gasteiger partial charge < -0.3 is 4.98 Å². The van der Waals surface area contributed by atoms with Gasteiger partial charge in [0.15, 0.2) is 0 Å². The van der Waals surface area contributed by atoms with E-state index in [1.165, 1.54) is 5.56 Å². The highest BCUT2D eigenvalue weighted by molar-refractivity contribution is 5.97. The molecule has 1 amide bonds. The van der Waals surface area contributed by atoms with E-state index < -0.39 is 0 Å². The van der Waals surface area contributed by atoms with Gasteiger partial charge in [-0.1, -0.05) is 51.1 Å². The molecule has 0 bridgehead atoms. The summed E-state index contributed by atoms with van der Waals surface area (Å²) in [6.07, 6.45) is 6.29. The molecule has 5 heteroatoms. The molecule has 1 aromatic heterocycles. The highest BCUT2D eigenvalue weighted by Crippen LogP contribution is 2.30. The first-order valence-electron chi connectivity index (χ1n) is 12.6. The number of hydrogen-bond donors (Lipinski definition) is 2. The first kappa shape index (κ1) is 23.5. The van der Waals surface area contributed by atoms with E-state index in [1.54, 1.807) is 0 Å². The van der Waals surface area contributed by atoms with E-state index >= 15 is 0 Å². The summed E-state index contributed by atoms with van der Waals surface area (Å²) in [6.45, 7) is 9.71. The number of likely N-dealkylation sites (N-methyl/N-ethyl adjacent to an activating group) is 1. The number of carbonyl (C=O) groups excluding carboxylic acids is 1. The molecule has 0 saturated carbocycles. The minimum atomic E-state index is -0.0148. The smallest absolute Gasteiger partial charge is 0.265 e. The third-order valence-electron chi connectivity index (χ3n) is 7.33. The van der Waals surface area contributed by atoms with Crippen molar-refractivity contribution in [2.45, 2.75) is 58.5 Å². The van der Waals surface area contributed by atoms with Crippen LogP contribution in [-0.4, -0.2) is 52.5 Å². The molecule has 2 heterocycles. The molecule has 0 aliphatic carbocycles. The predicted molar refractivity (Wildman–Crippen MR) is 136 cm³/mol. The second-order valence-corrected chi connectivity index (χ2v) is 9.26. The number of nitrogens with one attached hydrogen (secondary N) is 2. The number of nitrogens with zero attached hydrogens (tertiary/aromatic N) is 2. The third kappa shape index (κ3) is 5.48. The van der Waals surface area contributed by atoms with Crippen LogP contribution < -0.4 is 5.43 Å². The highest BCUT2D eigenvalue weighted by atomic mass is 16.2. The van der Waals surface area contributed by atoms with Crippen LogP contribution in [0, 0.1) is 5.92 Å². The van der Waals surface area contributed by atoms with Crippen LogP contribution in [-0.2, 0) is 6.42 Å².